The number of nitrogens with one attached hydrogen (secondary N) is 1. The number of rotatable bonds is 6. The number of carbonyl (C=O) groups excluding carboxylic acids is 2. The van der Waals surface area contributed by atoms with Crippen LogP contribution in [-0.2, 0) is 24.3 Å². The zero-order chi connectivity index (χ0) is 22.6. The third kappa shape index (κ3) is 6.00. The highest BCUT2D eigenvalue weighted by Crippen LogP contribution is 2.37. The molecule has 0 saturated carbocycles. The number of halogens is 1. The Bertz CT molecular complexity index is 1060. The van der Waals surface area contributed by atoms with Gasteiger partial charge in [-0.15, -0.1) is 11.8 Å². The zero-order valence-electron chi connectivity index (χ0n) is 17.1. The first-order chi connectivity index (χ1) is 14.7. The van der Waals surface area contributed by atoms with Crippen LogP contribution in [0, 0.1) is 0 Å². The van der Waals surface area contributed by atoms with Crippen LogP contribution in [0.2, 0.25) is 5.02 Å². The maximum Gasteiger partial charge on any atom is 0.324 e. The summed E-state index contributed by atoms with van der Waals surface area (Å²) in [5.74, 6) is -1.19. The molecule has 1 N–H and O–H groups in total. The highest BCUT2D eigenvalue weighted by molar-refractivity contribution is 8.00. The van der Waals surface area contributed by atoms with Gasteiger partial charge in [0.05, 0.1) is 10.6 Å². The van der Waals surface area contributed by atoms with E-state index in [0.29, 0.717) is 16.8 Å². The Morgan fingerprint density at radius 2 is 1.90 bits per heavy atom. The Labute approximate surface area is 191 Å². The van der Waals surface area contributed by atoms with Crippen LogP contribution in [0.1, 0.15) is 20.3 Å². The number of anilines is 1. The number of hydrogen-bond acceptors (Lipinski definition) is 6. The van der Waals surface area contributed by atoms with Crippen molar-refractivity contribution in [2.24, 2.45) is 0 Å². The predicted octanol–water partition coefficient (Wildman–Crippen LogP) is 3.47. The number of benzene rings is 2. The molecule has 31 heavy (non-hydrogen) atoms. The van der Waals surface area contributed by atoms with E-state index in [1.165, 1.54) is 31.2 Å². The molecule has 0 aliphatic carbocycles. The van der Waals surface area contributed by atoms with Crippen molar-refractivity contribution in [2.75, 3.05) is 18.1 Å². The van der Waals surface area contributed by atoms with E-state index < -0.39 is 28.6 Å². The van der Waals surface area contributed by atoms with Crippen molar-refractivity contribution in [1.29, 1.82) is 0 Å². The van der Waals surface area contributed by atoms with E-state index in [0.717, 1.165) is 17.0 Å². The second kappa shape index (κ2) is 10.0. The number of thioether (sulfide) groups is 1. The van der Waals surface area contributed by atoms with E-state index in [1.807, 2.05) is 24.3 Å². The monoisotopic (exact) mass is 482 g/mol. The normalized spacial score (nSPS) is 17.4. The van der Waals surface area contributed by atoms with Crippen LogP contribution < -0.4 is 9.62 Å². The number of nitrogens with zero attached hydrogens (tertiary/aromatic N) is 1. The third-order valence-corrected chi connectivity index (χ3v) is 7.74. The molecule has 3 rings (SSSR count). The van der Waals surface area contributed by atoms with Gasteiger partial charge >= 0.3 is 5.97 Å². The average molecular weight is 483 g/mol. The second-order valence-electron chi connectivity index (χ2n) is 7.13. The third-order valence-electron chi connectivity index (χ3n) is 4.69. The number of para-hydroxylation sites is 1. The molecule has 1 aliphatic rings. The van der Waals surface area contributed by atoms with E-state index in [9.17, 15) is 18.0 Å². The van der Waals surface area contributed by atoms with Gasteiger partial charge < -0.3 is 9.64 Å². The number of hydrogen-bond donors (Lipinski definition) is 1. The maximum absolute atomic E-state index is 12.8. The summed E-state index contributed by atoms with van der Waals surface area (Å²) in [6.07, 6.45) is 0.802. The standard InChI is InChI=1S/C21H23ClN2O5S2/c1-14-11-12-24(18-5-3-4-6-19(18)30-14)20(25)13-29-21(26)15(2)23-31(27,28)17-9-7-16(22)8-10-17/h3-10,14-15,23H,11-13H2,1-2H3/t14?,15-/m0/s1. The first kappa shape index (κ1) is 23.6. The molecule has 0 bridgehead atoms. The van der Waals surface area contributed by atoms with Crippen LogP contribution in [0.5, 0.6) is 0 Å². The molecule has 7 nitrogen and oxygen atoms in total. The predicted molar refractivity (Wildman–Crippen MR) is 121 cm³/mol. The van der Waals surface area contributed by atoms with Crippen molar-refractivity contribution in [3.05, 3.63) is 53.6 Å². The molecule has 0 saturated heterocycles. The van der Waals surface area contributed by atoms with Gasteiger partial charge in [0.2, 0.25) is 10.0 Å². The van der Waals surface area contributed by atoms with E-state index >= 15 is 0 Å². The van der Waals surface area contributed by atoms with Crippen molar-refractivity contribution >= 4 is 50.9 Å². The SMILES string of the molecule is CC1CCN(C(=O)COC(=O)[C@H](C)NS(=O)(=O)c2ccc(Cl)cc2)c2ccccc2S1. The Morgan fingerprint density at radius 1 is 1.23 bits per heavy atom. The molecule has 1 unspecified atom stereocenters. The molecule has 2 aromatic carbocycles. The van der Waals surface area contributed by atoms with Gasteiger partial charge in [0.25, 0.3) is 5.91 Å². The lowest BCUT2D eigenvalue weighted by Crippen LogP contribution is -2.41. The van der Waals surface area contributed by atoms with Crippen LogP contribution in [0.15, 0.2) is 58.3 Å². The number of sulfonamides is 1. The minimum atomic E-state index is -3.94. The van der Waals surface area contributed by atoms with E-state index in [2.05, 4.69) is 11.6 Å². The summed E-state index contributed by atoms with van der Waals surface area (Å²) in [6.45, 7) is 3.50. The number of fused-ring (bicyclic) bond motifs is 1. The lowest BCUT2D eigenvalue weighted by atomic mass is 10.2. The fourth-order valence-corrected chi connectivity index (χ4v) is 5.48. The average Bonchev–Trinajstić information content (AvgIpc) is 2.89. The van der Waals surface area contributed by atoms with Gasteiger partial charge in [-0.3, -0.25) is 9.59 Å². The van der Waals surface area contributed by atoms with E-state index in [1.54, 1.807) is 16.7 Å². The van der Waals surface area contributed by atoms with Gasteiger partial charge in [0.1, 0.15) is 6.04 Å². The number of amides is 1. The molecular formula is C21H23ClN2O5S2. The van der Waals surface area contributed by atoms with Gasteiger partial charge in [-0.1, -0.05) is 30.7 Å². The van der Waals surface area contributed by atoms with Gasteiger partial charge in [0.15, 0.2) is 6.61 Å². The Kier molecular flexibility index (Phi) is 7.64. The van der Waals surface area contributed by atoms with Gasteiger partial charge in [-0.2, -0.15) is 4.72 Å². The lowest BCUT2D eigenvalue weighted by molar-refractivity contribution is -0.149. The molecular weight excluding hydrogens is 460 g/mol. The molecule has 0 fully saturated rings. The molecule has 2 atom stereocenters. The van der Waals surface area contributed by atoms with Crippen LogP contribution >= 0.6 is 23.4 Å². The lowest BCUT2D eigenvalue weighted by Gasteiger charge is -2.22. The van der Waals surface area contributed by atoms with Crippen LogP contribution in [-0.4, -0.2) is 44.7 Å². The summed E-state index contributed by atoms with van der Waals surface area (Å²) < 4.78 is 32.2. The van der Waals surface area contributed by atoms with Crippen LogP contribution in [0.25, 0.3) is 0 Å². The fourth-order valence-electron chi connectivity index (χ4n) is 3.04. The van der Waals surface area contributed by atoms with E-state index in [4.69, 9.17) is 16.3 Å². The minimum absolute atomic E-state index is 0.0274. The molecule has 1 amide bonds. The summed E-state index contributed by atoms with van der Waals surface area (Å²) in [5.41, 5.74) is 0.786. The van der Waals surface area contributed by atoms with E-state index in [-0.39, 0.29) is 10.8 Å². The first-order valence-corrected chi connectivity index (χ1v) is 12.4. The minimum Gasteiger partial charge on any atom is -0.454 e. The van der Waals surface area contributed by atoms with Crippen molar-refractivity contribution < 1.29 is 22.7 Å². The highest BCUT2D eigenvalue weighted by atomic mass is 35.5. The van der Waals surface area contributed by atoms with Crippen molar-refractivity contribution in [1.82, 2.24) is 4.72 Å². The number of carbonyl (C=O) groups is 2. The van der Waals surface area contributed by atoms with Gasteiger partial charge in [0, 0.05) is 21.7 Å². The highest BCUT2D eigenvalue weighted by Gasteiger charge is 2.27. The molecule has 0 aromatic heterocycles. The fraction of sp³-hybridized carbons (Fsp3) is 0.333. The van der Waals surface area contributed by atoms with Crippen molar-refractivity contribution in [2.45, 2.75) is 41.4 Å². The molecule has 0 radical (unpaired) electrons. The van der Waals surface area contributed by atoms with Gasteiger partial charge in [-0.05, 0) is 49.7 Å². The smallest absolute Gasteiger partial charge is 0.324 e. The maximum atomic E-state index is 12.8. The summed E-state index contributed by atoms with van der Waals surface area (Å²) in [5, 5.41) is 0.747. The first-order valence-electron chi connectivity index (χ1n) is 9.68. The Balaban J connectivity index is 1.61. The Hall–Kier alpha value is -2.07. The Morgan fingerprint density at radius 3 is 2.61 bits per heavy atom. The molecule has 2 aromatic rings. The molecule has 1 heterocycles. The molecule has 1 aliphatic heterocycles. The summed E-state index contributed by atoms with van der Waals surface area (Å²) >= 11 is 7.48. The summed E-state index contributed by atoms with van der Waals surface area (Å²) in [7, 11) is -3.94. The summed E-state index contributed by atoms with van der Waals surface area (Å²) in [6, 6.07) is 12.0. The van der Waals surface area contributed by atoms with Crippen LogP contribution in [0.4, 0.5) is 5.69 Å². The second-order valence-corrected chi connectivity index (χ2v) is 10.8. The largest absolute Gasteiger partial charge is 0.454 e. The zero-order valence-corrected chi connectivity index (χ0v) is 19.5. The summed E-state index contributed by atoms with van der Waals surface area (Å²) in [4.78, 5) is 27.7. The number of ether oxygens (including phenoxy) is 1. The molecule has 10 heteroatoms. The molecule has 0 spiro atoms. The molecule has 166 valence electrons. The van der Waals surface area contributed by atoms with Crippen LogP contribution in [0.3, 0.4) is 0 Å². The van der Waals surface area contributed by atoms with Crippen molar-refractivity contribution in [3.63, 3.8) is 0 Å². The quantitative estimate of drug-likeness (QED) is 0.634. The van der Waals surface area contributed by atoms with Crippen molar-refractivity contribution in [3.8, 4) is 0 Å². The topological polar surface area (TPSA) is 92.8 Å². The number of esters is 1. The van der Waals surface area contributed by atoms with Gasteiger partial charge in [-0.25, -0.2) is 8.42 Å².